The second-order valence-corrected chi connectivity index (χ2v) is 6.33. The summed E-state index contributed by atoms with van der Waals surface area (Å²) in [6, 6.07) is 10.5. The minimum atomic E-state index is -0.448. The Morgan fingerprint density at radius 1 is 1.13 bits per heavy atom. The number of nitrogens with zero attached hydrogens (tertiary/aromatic N) is 3. The highest BCUT2D eigenvalue weighted by Gasteiger charge is 2.13. The quantitative estimate of drug-likeness (QED) is 0.471. The predicted octanol–water partition coefficient (Wildman–Crippen LogP) is 1.88. The molecule has 1 N–H and O–H groups in total. The van der Waals surface area contributed by atoms with Gasteiger partial charge in [-0.25, -0.2) is 10.4 Å². The monoisotopic (exact) mass is 410 g/mol. The molecule has 1 aromatic heterocycles. The van der Waals surface area contributed by atoms with Gasteiger partial charge < -0.3 is 14.2 Å². The number of benzene rings is 2. The summed E-state index contributed by atoms with van der Waals surface area (Å²) in [4.78, 5) is 29.1. The fraction of sp³-hybridized carbons (Fsp3) is 0.238. The van der Waals surface area contributed by atoms with Gasteiger partial charge >= 0.3 is 0 Å². The number of fused-ring (bicyclic) bond motifs is 1. The molecule has 0 saturated heterocycles. The summed E-state index contributed by atoms with van der Waals surface area (Å²) in [6.07, 6.45) is 1.45. The van der Waals surface area contributed by atoms with Gasteiger partial charge in [0, 0.05) is 5.56 Å². The number of methoxy groups -OCH3 is 3. The summed E-state index contributed by atoms with van der Waals surface area (Å²) in [5, 5.41) is 3.97. The lowest BCUT2D eigenvalue weighted by molar-refractivity contribution is -0.121. The summed E-state index contributed by atoms with van der Waals surface area (Å²) in [5.41, 5.74) is 4.29. The topological polar surface area (TPSA) is 104 Å². The van der Waals surface area contributed by atoms with Gasteiger partial charge in [-0.15, -0.1) is 0 Å². The number of carbonyl (C=O) groups is 1. The Labute approximate surface area is 172 Å². The van der Waals surface area contributed by atoms with E-state index in [-0.39, 0.29) is 12.1 Å². The van der Waals surface area contributed by atoms with Crippen LogP contribution in [0.5, 0.6) is 17.2 Å². The second-order valence-electron chi connectivity index (χ2n) is 6.33. The van der Waals surface area contributed by atoms with Crippen molar-refractivity contribution in [2.24, 2.45) is 5.10 Å². The summed E-state index contributed by atoms with van der Waals surface area (Å²) < 4.78 is 17.2. The molecule has 3 rings (SSSR count). The maximum absolute atomic E-state index is 12.5. The molecule has 1 amide bonds. The number of rotatable bonds is 7. The van der Waals surface area contributed by atoms with E-state index >= 15 is 0 Å². The first-order chi connectivity index (χ1) is 14.5. The summed E-state index contributed by atoms with van der Waals surface area (Å²) >= 11 is 0. The first-order valence-corrected chi connectivity index (χ1v) is 9.06. The molecular weight excluding hydrogens is 388 g/mol. The molecule has 9 heteroatoms. The molecule has 9 nitrogen and oxygen atoms in total. The van der Waals surface area contributed by atoms with Crippen LogP contribution in [0, 0.1) is 6.92 Å². The zero-order chi connectivity index (χ0) is 21.7. The Morgan fingerprint density at radius 2 is 1.80 bits per heavy atom. The number of aryl methyl sites for hydroxylation is 1. The van der Waals surface area contributed by atoms with Crippen molar-refractivity contribution in [3.63, 3.8) is 0 Å². The van der Waals surface area contributed by atoms with Crippen LogP contribution in [-0.2, 0) is 11.3 Å². The molecule has 0 radical (unpaired) electrons. The van der Waals surface area contributed by atoms with Gasteiger partial charge in [0.05, 0.1) is 38.6 Å². The summed E-state index contributed by atoms with van der Waals surface area (Å²) in [7, 11) is 4.54. The van der Waals surface area contributed by atoms with Gasteiger partial charge in [0.2, 0.25) is 5.75 Å². The predicted molar refractivity (Wildman–Crippen MR) is 113 cm³/mol. The molecule has 0 bridgehead atoms. The average molecular weight is 410 g/mol. The van der Waals surface area contributed by atoms with E-state index in [2.05, 4.69) is 15.5 Å². The molecule has 1 heterocycles. The zero-order valence-electron chi connectivity index (χ0n) is 17.1. The molecule has 30 heavy (non-hydrogen) atoms. The van der Waals surface area contributed by atoms with E-state index in [4.69, 9.17) is 14.2 Å². The van der Waals surface area contributed by atoms with Crippen molar-refractivity contribution >= 4 is 23.2 Å². The van der Waals surface area contributed by atoms with E-state index < -0.39 is 5.91 Å². The Kier molecular flexibility index (Phi) is 6.31. The Bertz CT molecular complexity index is 1140. The normalized spacial score (nSPS) is 10.9. The lowest BCUT2D eigenvalue weighted by Crippen LogP contribution is -2.31. The van der Waals surface area contributed by atoms with Gasteiger partial charge in [0.25, 0.3) is 11.5 Å². The van der Waals surface area contributed by atoms with E-state index in [1.54, 1.807) is 37.3 Å². The largest absolute Gasteiger partial charge is 0.493 e. The summed E-state index contributed by atoms with van der Waals surface area (Å²) in [6.45, 7) is 1.43. The number of hydrazone groups is 1. The third-order valence-electron chi connectivity index (χ3n) is 4.41. The minimum Gasteiger partial charge on any atom is -0.493 e. The number of hydrogen-bond donors (Lipinski definition) is 1. The van der Waals surface area contributed by atoms with E-state index in [0.29, 0.717) is 39.5 Å². The van der Waals surface area contributed by atoms with Gasteiger partial charge in [-0.2, -0.15) is 5.10 Å². The Morgan fingerprint density at radius 3 is 2.43 bits per heavy atom. The van der Waals surface area contributed by atoms with Crippen LogP contribution in [0.2, 0.25) is 0 Å². The molecule has 2 aromatic carbocycles. The van der Waals surface area contributed by atoms with Crippen molar-refractivity contribution in [1.29, 1.82) is 0 Å². The standard InChI is InChI=1S/C21H22N4O5/c1-13-21(27)25(16-8-6-5-7-15(16)23-13)12-19(26)24-22-11-14-9-17(28-2)20(30-4)18(10-14)29-3/h5-11H,12H2,1-4H3,(H,24,26)/b22-11-. The van der Waals surface area contributed by atoms with Crippen molar-refractivity contribution in [1.82, 2.24) is 15.0 Å². The maximum Gasteiger partial charge on any atom is 0.272 e. The van der Waals surface area contributed by atoms with Gasteiger partial charge in [-0.1, -0.05) is 12.1 Å². The van der Waals surface area contributed by atoms with Crippen molar-refractivity contribution in [3.05, 3.63) is 58.0 Å². The molecule has 0 aliphatic carbocycles. The molecule has 156 valence electrons. The second kappa shape index (κ2) is 9.08. The highest BCUT2D eigenvalue weighted by atomic mass is 16.5. The fourth-order valence-corrected chi connectivity index (χ4v) is 3.01. The first-order valence-electron chi connectivity index (χ1n) is 9.06. The van der Waals surface area contributed by atoms with E-state index in [9.17, 15) is 9.59 Å². The van der Waals surface area contributed by atoms with E-state index in [1.165, 1.54) is 32.1 Å². The number of amides is 1. The molecule has 0 spiro atoms. The third kappa shape index (κ3) is 4.24. The molecule has 0 saturated carbocycles. The molecule has 0 atom stereocenters. The van der Waals surface area contributed by atoms with Crippen LogP contribution in [-0.4, -0.2) is 43.0 Å². The highest BCUT2D eigenvalue weighted by molar-refractivity contribution is 5.85. The van der Waals surface area contributed by atoms with Crippen LogP contribution in [0.1, 0.15) is 11.3 Å². The summed E-state index contributed by atoms with van der Waals surface area (Å²) in [5.74, 6) is 0.946. The van der Waals surface area contributed by atoms with Gasteiger partial charge in [0.15, 0.2) is 11.5 Å². The number of hydrogen-bond acceptors (Lipinski definition) is 7. The minimum absolute atomic E-state index is 0.185. The zero-order valence-corrected chi connectivity index (χ0v) is 17.1. The van der Waals surface area contributed by atoms with Gasteiger partial charge in [-0.3, -0.25) is 14.2 Å². The smallest absolute Gasteiger partial charge is 0.272 e. The Balaban J connectivity index is 1.79. The molecule has 0 aliphatic heterocycles. The van der Waals surface area contributed by atoms with Crippen molar-refractivity contribution in [2.75, 3.05) is 21.3 Å². The molecular formula is C21H22N4O5. The van der Waals surface area contributed by atoms with Crippen molar-refractivity contribution < 1.29 is 19.0 Å². The number of carbonyl (C=O) groups excluding carboxylic acids is 1. The fourth-order valence-electron chi connectivity index (χ4n) is 3.01. The van der Waals surface area contributed by atoms with Crippen LogP contribution in [0.15, 0.2) is 46.3 Å². The van der Waals surface area contributed by atoms with Crippen molar-refractivity contribution in [2.45, 2.75) is 13.5 Å². The van der Waals surface area contributed by atoms with Crippen LogP contribution in [0.25, 0.3) is 11.0 Å². The number of nitrogens with one attached hydrogen (secondary N) is 1. The first kappa shape index (κ1) is 20.8. The number of ether oxygens (including phenoxy) is 3. The van der Waals surface area contributed by atoms with Gasteiger partial charge in [-0.05, 0) is 31.2 Å². The van der Waals surface area contributed by atoms with Crippen LogP contribution in [0.4, 0.5) is 0 Å². The van der Waals surface area contributed by atoms with E-state index in [0.717, 1.165) is 0 Å². The van der Waals surface area contributed by atoms with Crippen LogP contribution in [0.3, 0.4) is 0 Å². The average Bonchev–Trinajstić information content (AvgIpc) is 2.76. The Hall–Kier alpha value is -3.88. The molecule has 0 aliphatic rings. The molecule has 0 unspecified atom stereocenters. The SMILES string of the molecule is COc1cc(/C=N\NC(=O)Cn2c(=O)c(C)nc3ccccc32)cc(OC)c1OC. The van der Waals surface area contributed by atoms with Crippen molar-refractivity contribution in [3.8, 4) is 17.2 Å². The maximum atomic E-state index is 12.5. The third-order valence-corrected chi connectivity index (χ3v) is 4.41. The molecule has 3 aromatic rings. The highest BCUT2D eigenvalue weighted by Crippen LogP contribution is 2.37. The van der Waals surface area contributed by atoms with Gasteiger partial charge in [0.1, 0.15) is 12.2 Å². The van der Waals surface area contributed by atoms with Crippen LogP contribution < -0.4 is 25.2 Å². The van der Waals surface area contributed by atoms with Crippen LogP contribution >= 0.6 is 0 Å². The molecule has 0 fully saturated rings. The lowest BCUT2D eigenvalue weighted by atomic mass is 10.2. The number of para-hydroxylation sites is 2. The lowest BCUT2D eigenvalue weighted by Gasteiger charge is -2.12. The van der Waals surface area contributed by atoms with E-state index in [1.807, 2.05) is 6.07 Å². The number of aromatic nitrogens is 2.